The molecule has 74 valence electrons. The second-order valence-electron chi connectivity index (χ2n) is 3.20. The van der Waals surface area contributed by atoms with Gasteiger partial charge in [-0.15, -0.1) is 0 Å². The van der Waals surface area contributed by atoms with Crippen LogP contribution >= 0.6 is 11.6 Å². The highest BCUT2D eigenvalue weighted by atomic mass is 35.5. The van der Waals surface area contributed by atoms with Gasteiger partial charge in [-0.3, -0.25) is 0 Å². The second kappa shape index (κ2) is 3.50. The van der Waals surface area contributed by atoms with E-state index in [1.165, 1.54) is 6.07 Å². The lowest BCUT2D eigenvalue weighted by atomic mass is 10.0. The van der Waals surface area contributed by atoms with Crippen LogP contribution in [0.3, 0.4) is 0 Å². The van der Waals surface area contributed by atoms with Crippen molar-refractivity contribution in [3.05, 3.63) is 28.3 Å². The van der Waals surface area contributed by atoms with E-state index in [2.05, 4.69) is 0 Å². The fourth-order valence-corrected chi connectivity index (χ4v) is 1.84. The van der Waals surface area contributed by atoms with Crippen molar-refractivity contribution < 1.29 is 14.6 Å². The average molecular weight is 213 g/mol. The minimum atomic E-state index is -0.995. The van der Waals surface area contributed by atoms with Crippen molar-refractivity contribution in [2.75, 3.05) is 6.61 Å². The summed E-state index contributed by atoms with van der Waals surface area (Å²) in [7, 11) is 0. The number of hydrogen-bond acceptors (Lipinski definition) is 2. The van der Waals surface area contributed by atoms with Gasteiger partial charge in [-0.05, 0) is 30.5 Å². The normalized spacial score (nSPS) is 14.4. The molecule has 0 saturated heterocycles. The molecule has 4 heteroatoms. The van der Waals surface area contributed by atoms with Gasteiger partial charge in [-0.1, -0.05) is 11.6 Å². The Morgan fingerprint density at radius 1 is 1.50 bits per heavy atom. The first-order valence-electron chi connectivity index (χ1n) is 4.37. The minimum Gasteiger partial charge on any atom is -0.492 e. The number of aromatic carboxylic acids is 1. The van der Waals surface area contributed by atoms with Crippen LogP contribution in [-0.4, -0.2) is 17.7 Å². The fraction of sp³-hybridized carbons (Fsp3) is 0.300. The third-order valence-electron chi connectivity index (χ3n) is 2.20. The summed E-state index contributed by atoms with van der Waals surface area (Å²) in [6.07, 6.45) is 1.74. The third-order valence-corrected chi connectivity index (χ3v) is 2.42. The molecule has 1 heterocycles. The average Bonchev–Trinajstić information content (AvgIpc) is 2.16. The van der Waals surface area contributed by atoms with Gasteiger partial charge in [0.15, 0.2) is 0 Å². The largest absolute Gasteiger partial charge is 0.492 e. The molecule has 2 rings (SSSR count). The maximum absolute atomic E-state index is 10.9. The van der Waals surface area contributed by atoms with Crippen molar-refractivity contribution in [3.63, 3.8) is 0 Å². The Morgan fingerprint density at radius 3 is 3.00 bits per heavy atom. The highest BCUT2D eigenvalue weighted by Gasteiger charge is 2.19. The number of carboxylic acid groups (broad SMARTS) is 1. The van der Waals surface area contributed by atoms with Crippen molar-refractivity contribution >= 4 is 17.6 Å². The molecule has 1 aliphatic rings. The summed E-state index contributed by atoms with van der Waals surface area (Å²) >= 11 is 5.81. The second-order valence-corrected chi connectivity index (χ2v) is 3.64. The van der Waals surface area contributed by atoms with Gasteiger partial charge in [0.2, 0.25) is 0 Å². The molecule has 0 saturated carbocycles. The van der Waals surface area contributed by atoms with Crippen LogP contribution in [0.25, 0.3) is 0 Å². The summed E-state index contributed by atoms with van der Waals surface area (Å²) in [5, 5.41) is 9.38. The molecular weight excluding hydrogens is 204 g/mol. The maximum atomic E-state index is 10.9. The van der Waals surface area contributed by atoms with E-state index in [-0.39, 0.29) is 5.56 Å². The molecule has 14 heavy (non-hydrogen) atoms. The Hall–Kier alpha value is -1.22. The van der Waals surface area contributed by atoms with Crippen LogP contribution in [-0.2, 0) is 6.42 Å². The van der Waals surface area contributed by atoms with Gasteiger partial charge in [0.25, 0.3) is 0 Å². The van der Waals surface area contributed by atoms with Crippen LogP contribution in [0.2, 0.25) is 5.02 Å². The number of carboxylic acids is 1. The Bertz CT molecular complexity index is 387. The fourth-order valence-electron chi connectivity index (χ4n) is 1.60. The van der Waals surface area contributed by atoms with E-state index in [0.717, 1.165) is 18.4 Å². The SMILES string of the molecule is O=C(O)c1cc(Cl)cc2c1OCCC2. The molecule has 0 bridgehead atoms. The minimum absolute atomic E-state index is 0.159. The van der Waals surface area contributed by atoms with E-state index < -0.39 is 5.97 Å². The molecule has 1 aromatic carbocycles. The van der Waals surface area contributed by atoms with Gasteiger partial charge in [-0.25, -0.2) is 4.79 Å². The number of halogens is 1. The lowest BCUT2D eigenvalue weighted by molar-refractivity contribution is 0.0691. The number of hydrogen-bond donors (Lipinski definition) is 1. The van der Waals surface area contributed by atoms with Crippen LogP contribution in [0.1, 0.15) is 22.3 Å². The molecule has 1 aliphatic heterocycles. The lowest BCUT2D eigenvalue weighted by Crippen LogP contribution is -2.12. The van der Waals surface area contributed by atoms with Gasteiger partial charge < -0.3 is 9.84 Å². The third kappa shape index (κ3) is 1.55. The number of rotatable bonds is 1. The van der Waals surface area contributed by atoms with Crippen LogP contribution in [0.4, 0.5) is 0 Å². The summed E-state index contributed by atoms with van der Waals surface area (Å²) in [5.74, 6) is -0.515. The van der Waals surface area contributed by atoms with E-state index in [4.69, 9.17) is 21.4 Å². The van der Waals surface area contributed by atoms with Gasteiger partial charge in [-0.2, -0.15) is 0 Å². The molecule has 0 aromatic heterocycles. The van der Waals surface area contributed by atoms with Crippen LogP contribution in [0, 0.1) is 0 Å². The van der Waals surface area contributed by atoms with Crippen molar-refractivity contribution in [3.8, 4) is 5.75 Å². The molecule has 0 fully saturated rings. The van der Waals surface area contributed by atoms with Gasteiger partial charge in [0.05, 0.1) is 6.61 Å². The van der Waals surface area contributed by atoms with Crippen molar-refractivity contribution in [2.45, 2.75) is 12.8 Å². The smallest absolute Gasteiger partial charge is 0.339 e. The predicted octanol–water partition coefficient (Wildman–Crippen LogP) is 2.36. The zero-order chi connectivity index (χ0) is 10.1. The molecule has 3 nitrogen and oxygen atoms in total. The standard InChI is InChI=1S/C10H9ClO3/c11-7-4-6-2-1-3-14-9(6)8(5-7)10(12)13/h4-5H,1-3H2,(H,12,13). The van der Waals surface area contributed by atoms with E-state index >= 15 is 0 Å². The molecule has 0 radical (unpaired) electrons. The molecular formula is C10H9ClO3. The molecule has 0 aliphatic carbocycles. The number of carbonyl (C=O) groups is 1. The Balaban J connectivity index is 2.58. The summed E-state index contributed by atoms with van der Waals surface area (Å²) in [5.41, 5.74) is 1.05. The van der Waals surface area contributed by atoms with Gasteiger partial charge >= 0.3 is 5.97 Å². The molecule has 0 atom stereocenters. The predicted molar refractivity (Wildman–Crippen MR) is 52.2 cm³/mol. The first-order chi connectivity index (χ1) is 6.68. The van der Waals surface area contributed by atoms with Gasteiger partial charge in [0.1, 0.15) is 11.3 Å². The summed E-state index contributed by atoms with van der Waals surface area (Å²) in [6.45, 7) is 0.578. The Kier molecular flexibility index (Phi) is 2.33. The van der Waals surface area contributed by atoms with Crippen LogP contribution in [0.5, 0.6) is 5.75 Å². The van der Waals surface area contributed by atoms with E-state index in [9.17, 15) is 4.79 Å². The zero-order valence-electron chi connectivity index (χ0n) is 7.42. The van der Waals surface area contributed by atoms with Crippen LogP contribution < -0.4 is 4.74 Å². The number of benzene rings is 1. The Morgan fingerprint density at radius 2 is 2.29 bits per heavy atom. The molecule has 0 unspecified atom stereocenters. The Labute approximate surface area is 86.3 Å². The highest BCUT2D eigenvalue weighted by Crippen LogP contribution is 2.32. The monoisotopic (exact) mass is 212 g/mol. The van der Waals surface area contributed by atoms with Crippen molar-refractivity contribution in [1.29, 1.82) is 0 Å². The molecule has 0 amide bonds. The number of aryl methyl sites for hydroxylation is 1. The zero-order valence-corrected chi connectivity index (χ0v) is 8.17. The van der Waals surface area contributed by atoms with E-state index in [1.807, 2.05) is 0 Å². The lowest BCUT2D eigenvalue weighted by Gasteiger charge is -2.19. The number of fused-ring (bicyclic) bond motifs is 1. The topological polar surface area (TPSA) is 46.5 Å². The van der Waals surface area contributed by atoms with E-state index in [0.29, 0.717) is 17.4 Å². The van der Waals surface area contributed by atoms with E-state index in [1.54, 1.807) is 6.07 Å². The quantitative estimate of drug-likeness (QED) is 0.778. The maximum Gasteiger partial charge on any atom is 0.339 e. The molecule has 1 N–H and O–H groups in total. The summed E-state index contributed by atoms with van der Waals surface area (Å²) in [6, 6.07) is 3.19. The highest BCUT2D eigenvalue weighted by molar-refractivity contribution is 6.31. The van der Waals surface area contributed by atoms with Gasteiger partial charge in [0, 0.05) is 5.02 Å². The van der Waals surface area contributed by atoms with Crippen molar-refractivity contribution in [2.24, 2.45) is 0 Å². The molecule has 1 aromatic rings. The summed E-state index contributed by atoms with van der Waals surface area (Å²) in [4.78, 5) is 10.9. The van der Waals surface area contributed by atoms with Crippen LogP contribution in [0.15, 0.2) is 12.1 Å². The van der Waals surface area contributed by atoms with Crippen molar-refractivity contribution in [1.82, 2.24) is 0 Å². The number of ether oxygens (including phenoxy) is 1. The first-order valence-corrected chi connectivity index (χ1v) is 4.75. The summed E-state index contributed by atoms with van der Waals surface area (Å²) < 4.78 is 5.33. The first kappa shape index (κ1) is 9.34. The molecule has 0 spiro atoms.